The first-order valence-corrected chi connectivity index (χ1v) is 4.92. The third kappa shape index (κ3) is 1.74. The summed E-state index contributed by atoms with van der Waals surface area (Å²) in [5, 5.41) is 8.48. The Morgan fingerprint density at radius 1 is 1.46 bits per heavy atom. The second-order valence-electron chi connectivity index (χ2n) is 2.69. The van der Waals surface area contributed by atoms with Crippen LogP contribution in [0.5, 0.6) is 0 Å². The molecule has 1 aliphatic rings. The molecule has 0 saturated heterocycles. The van der Waals surface area contributed by atoms with E-state index < -0.39 is 10.2 Å². The Bertz CT molecular complexity index is 353. The maximum atomic E-state index is 11.5. The van der Waals surface area contributed by atoms with Gasteiger partial charge >= 0.3 is 10.2 Å². The van der Waals surface area contributed by atoms with E-state index in [4.69, 9.17) is 5.26 Å². The molecule has 0 spiro atoms. The summed E-state index contributed by atoms with van der Waals surface area (Å²) in [5.74, 6) is 0. The first-order valence-electron chi connectivity index (χ1n) is 3.52. The van der Waals surface area contributed by atoms with Crippen LogP contribution in [0.4, 0.5) is 0 Å². The summed E-state index contributed by atoms with van der Waals surface area (Å²) in [4.78, 5) is 1.22. The van der Waals surface area contributed by atoms with Crippen LogP contribution in [0.25, 0.3) is 0 Å². The van der Waals surface area contributed by atoms with Crippen LogP contribution < -0.4 is 0 Å². The molecule has 0 unspecified atom stereocenters. The summed E-state index contributed by atoms with van der Waals surface area (Å²) in [6.45, 7) is 0.0526. The van der Waals surface area contributed by atoms with E-state index in [0.29, 0.717) is 0 Å². The van der Waals surface area contributed by atoms with Gasteiger partial charge in [0.2, 0.25) is 0 Å². The van der Waals surface area contributed by atoms with Gasteiger partial charge in [0.1, 0.15) is 6.67 Å². The summed E-state index contributed by atoms with van der Waals surface area (Å²) in [6, 6.07) is 0. The van der Waals surface area contributed by atoms with Gasteiger partial charge < -0.3 is 0 Å². The van der Waals surface area contributed by atoms with Gasteiger partial charge in [-0.25, -0.2) is 4.31 Å². The first kappa shape index (κ1) is 9.83. The maximum absolute atomic E-state index is 11.5. The molecule has 13 heavy (non-hydrogen) atoms. The Morgan fingerprint density at radius 3 is 2.46 bits per heavy atom. The molecule has 0 bridgehead atoms. The minimum absolute atomic E-state index is 0.0526. The standard InChI is InChI=1S/C6H10N4O2S/c1-8(2)13(11,12)10-4-3-9(5-7)6-10/h3-4H,6H2,1-2H3. The maximum Gasteiger partial charge on any atom is 0.304 e. The molecule has 72 valence electrons. The molecule has 0 aromatic carbocycles. The minimum atomic E-state index is -3.43. The smallest absolute Gasteiger partial charge is 0.265 e. The molecule has 7 heteroatoms. The highest BCUT2D eigenvalue weighted by Crippen LogP contribution is 2.12. The van der Waals surface area contributed by atoms with Gasteiger partial charge in [-0.05, 0) is 0 Å². The van der Waals surface area contributed by atoms with Crippen molar-refractivity contribution in [3.63, 3.8) is 0 Å². The molecule has 6 nitrogen and oxygen atoms in total. The van der Waals surface area contributed by atoms with Crippen molar-refractivity contribution >= 4 is 10.2 Å². The second kappa shape index (κ2) is 3.24. The van der Waals surface area contributed by atoms with E-state index in [9.17, 15) is 8.42 Å². The molecule has 0 aliphatic carbocycles. The SMILES string of the molecule is CN(C)S(=O)(=O)N1C=CN(C#N)C1. The number of nitrogens with zero attached hydrogens (tertiary/aromatic N) is 4. The predicted octanol–water partition coefficient (Wildman–Crippen LogP) is -0.680. The Hall–Kier alpha value is -1.26. The highest BCUT2D eigenvalue weighted by atomic mass is 32.2. The monoisotopic (exact) mass is 202 g/mol. The summed E-state index contributed by atoms with van der Waals surface area (Å²) in [5.41, 5.74) is 0. The topological polar surface area (TPSA) is 67.7 Å². The fourth-order valence-corrected chi connectivity index (χ4v) is 1.72. The lowest BCUT2D eigenvalue weighted by atomic mass is 10.8. The normalized spacial score (nSPS) is 16.8. The van der Waals surface area contributed by atoms with Crippen LogP contribution >= 0.6 is 0 Å². The van der Waals surface area contributed by atoms with E-state index in [1.54, 1.807) is 0 Å². The van der Waals surface area contributed by atoms with Crippen molar-refractivity contribution in [2.24, 2.45) is 0 Å². The Kier molecular flexibility index (Phi) is 2.45. The van der Waals surface area contributed by atoms with Crippen molar-refractivity contribution in [1.29, 1.82) is 5.26 Å². The summed E-state index contributed by atoms with van der Waals surface area (Å²) < 4.78 is 25.1. The highest BCUT2D eigenvalue weighted by Gasteiger charge is 2.25. The van der Waals surface area contributed by atoms with Crippen molar-refractivity contribution in [3.05, 3.63) is 12.4 Å². The lowest BCUT2D eigenvalue weighted by Crippen LogP contribution is -2.37. The van der Waals surface area contributed by atoms with E-state index >= 15 is 0 Å². The quantitative estimate of drug-likeness (QED) is 0.556. The molecule has 0 aromatic rings. The van der Waals surface area contributed by atoms with Crippen LogP contribution in [0, 0.1) is 11.5 Å². The molecular weight excluding hydrogens is 192 g/mol. The van der Waals surface area contributed by atoms with Crippen LogP contribution in [0.3, 0.4) is 0 Å². The van der Waals surface area contributed by atoms with Gasteiger partial charge in [0.15, 0.2) is 6.19 Å². The van der Waals surface area contributed by atoms with Crippen molar-refractivity contribution in [2.75, 3.05) is 20.8 Å². The van der Waals surface area contributed by atoms with E-state index in [1.165, 1.54) is 31.4 Å². The third-order valence-electron chi connectivity index (χ3n) is 1.59. The zero-order valence-corrected chi connectivity index (χ0v) is 8.19. The molecule has 1 aliphatic heterocycles. The van der Waals surface area contributed by atoms with Gasteiger partial charge in [-0.2, -0.15) is 18.0 Å². The van der Waals surface area contributed by atoms with Crippen LogP contribution in [-0.2, 0) is 10.2 Å². The molecule has 0 aromatic heterocycles. The average Bonchev–Trinajstić information content (AvgIpc) is 2.51. The molecule has 0 radical (unpaired) electrons. The van der Waals surface area contributed by atoms with Crippen LogP contribution in [-0.4, -0.2) is 42.7 Å². The molecular formula is C6H10N4O2S. The summed E-state index contributed by atoms with van der Waals surface area (Å²) in [6.07, 6.45) is 4.60. The van der Waals surface area contributed by atoms with Gasteiger partial charge in [0.05, 0.1) is 0 Å². The van der Waals surface area contributed by atoms with Crippen molar-refractivity contribution in [2.45, 2.75) is 0 Å². The van der Waals surface area contributed by atoms with Gasteiger partial charge in [0, 0.05) is 26.5 Å². The van der Waals surface area contributed by atoms with E-state index in [0.717, 1.165) is 8.61 Å². The molecule has 0 atom stereocenters. The minimum Gasteiger partial charge on any atom is -0.265 e. The van der Waals surface area contributed by atoms with Crippen LogP contribution in [0.15, 0.2) is 12.4 Å². The molecule has 0 fully saturated rings. The zero-order chi connectivity index (χ0) is 10.1. The number of rotatable bonds is 2. The molecule has 0 amide bonds. The number of hydrogen-bond acceptors (Lipinski definition) is 4. The molecule has 0 saturated carbocycles. The molecule has 0 N–H and O–H groups in total. The predicted molar refractivity (Wildman–Crippen MR) is 45.9 cm³/mol. The van der Waals surface area contributed by atoms with Gasteiger partial charge in [-0.3, -0.25) is 4.90 Å². The molecule has 1 heterocycles. The van der Waals surface area contributed by atoms with Gasteiger partial charge in [-0.1, -0.05) is 0 Å². The fraction of sp³-hybridized carbons (Fsp3) is 0.500. The van der Waals surface area contributed by atoms with Crippen molar-refractivity contribution < 1.29 is 8.42 Å². The van der Waals surface area contributed by atoms with Crippen LogP contribution in [0.2, 0.25) is 0 Å². The Balaban J connectivity index is 2.80. The summed E-state index contributed by atoms with van der Waals surface area (Å²) in [7, 11) is -0.547. The Morgan fingerprint density at radius 2 is 2.08 bits per heavy atom. The van der Waals surface area contributed by atoms with Crippen molar-refractivity contribution in [3.8, 4) is 6.19 Å². The van der Waals surface area contributed by atoms with E-state index in [1.807, 2.05) is 6.19 Å². The first-order chi connectivity index (χ1) is 5.98. The number of hydrogen-bond donors (Lipinski definition) is 0. The fourth-order valence-electron chi connectivity index (χ4n) is 0.824. The summed E-state index contributed by atoms with van der Waals surface area (Å²) >= 11 is 0. The second-order valence-corrected chi connectivity index (χ2v) is 4.78. The average molecular weight is 202 g/mol. The number of nitriles is 1. The van der Waals surface area contributed by atoms with E-state index in [-0.39, 0.29) is 6.67 Å². The third-order valence-corrected chi connectivity index (χ3v) is 3.34. The van der Waals surface area contributed by atoms with Gasteiger partial charge in [0.25, 0.3) is 0 Å². The molecule has 1 rings (SSSR count). The van der Waals surface area contributed by atoms with E-state index in [2.05, 4.69) is 0 Å². The Labute approximate surface area is 77.4 Å². The highest BCUT2D eigenvalue weighted by molar-refractivity contribution is 7.86. The lowest BCUT2D eigenvalue weighted by molar-refractivity contribution is 0.393. The zero-order valence-electron chi connectivity index (χ0n) is 7.38. The largest absolute Gasteiger partial charge is 0.304 e. The van der Waals surface area contributed by atoms with Crippen molar-refractivity contribution in [1.82, 2.24) is 13.5 Å². The van der Waals surface area contributed by atoms with Crippen LogP contribution in [0.1, 0.15) is 0 Å². The van der Waals surface area contributed by atoms with Gasteiger partial charge in [-0.15, -0.1) is 0 Å². The lowest BCUT2D eigenvalue weighted by Gasteiger charge is -2.20.